The Morgan fingerprint density at radius 2 is 1.56 bits per heavy atom. The summed E-state index contributed by atoms with van der Waals surface area (Å²) in [6, 6.07) is 25.1. The van der Waals surface area contributed by atoms with Crippen molar-refractivity contribution in [3.05, 3.63) is 90.0 Å². The second kappa shape index (κ2) is 11.6. The molecule has 0 aliphatic heterocycles. The van der Waals surface area contributed by atoms with Crippen LogP contribution in [0.3, 0.4) is 0 Å². The third kappa shape index (κ3) is 7.47. The van der Waals surface area contributed by atoms with Gasteiger partial charge < -0.3 is 20.3 Å². The fourth-order valence-corrected chi connectivity index (χ4v) is 3.08. The van der Waals surface area contributed by atoms with E-state index in [1.165, 1.54) is 0 Å². The van der Waals surface area contributed by atoms with Crippen LogP contribution in [0.15, 0.2) is 78.9 Å². The van der Waals surface area contributed by atoms with Gasteiger partial charge in [0, 0.05) is 31.9 Å². The largest absolute Gasteiger partial charge is 0.489 e. The molecule has 0 aliphatic rings. The lowest BCUT2D eigenvalue weighted by Crippen LogP contribution is -2.22. The predicted octanol–water partition coefficient (Wildman–Crippen LogP) is 4.34. The van der Waals surface area contributed by atoms with Crippen LogP contribution in [0.5, 0.6) is 5.75 Å². The quantitative estimate of drug-likeness (QED) is 0.501. The molecule has 0 bridgehead atoms. The van der Waals surface area contributed by atoms with E-state index in [1.807, 2.05) is 78.9 Å². The zero-order valence-corrected chi connectivity index (χ0v) is 18.5. The maximum Gasteiger partial charge on any atom is 0.243 e. The Morgan fingerprint density at radius 1 is 0.844 bits per heavy atom. The summed E-state index contributed by atoms with van der Waals surface area (Å²) in [5.41, 5.74) is 3.68. The molecule has 2 amide bonds. The number of ether oxygens (including phenoxy) is 1. The molecule has 0 aromatic heterocycles. The van der Waals surface area contributed by atoms with Crippen LogP contribution in [0, 0.1) is 0 Å². The van der Waals surface area contributed by atoms with Crippen molar-refractivity contribution < 1.29 is 14.3 Å². The van der Waals surface area contributed by atoms with E-state index >= 15 is 0 Å². The monoisotopic (exact) mass is 431 g/mol. The normalized spacial score (nSPS) is 10.3. The molecule has 0 fully saturated rings. The highest BCUT2D eigenvalue weighted by Crippen LogP contribution is 2.17. The van der Waals surface area contributed by atoms with Crippen molar-refractivity contribution >= 4 is 23.2 Å². The Bertz CT molecular complexity index is 1020. The van der Waals surface area contributed by atoms with Gasteiger partial charge in [0.2, 0.25) is 11.8 Å². The summed E-state index contributed by atoms with van der Waals surface area (Å²) in [5.74, 6) is 0.712. The molecule has 0 heterocycles. The third-order valence-electron chi connectivity index (χ3n) is 4.89. The molecule has 32 heavy (non-hydrogen) atoms. The van der Waals surface area contributed by atoms with E-state index in [0.29, 0.717) is 19.4 Å². The highest BCUT2D eigenvalue weighted by atomic mass is 16.5. The van der Waals surface area contributed by atoms with Crippen molar-refractivity contribution in [2.75, 3.05) is 31.3 Å². The SMILES string of the molecule is CN(C)C(=O)CCc1cccc(NC(=O)CNc2ccc(OCc3ccccc3)cc2)c1. The summed E-state index contributed by atoms with van der Waals surface area (Å²) >= 11 is 0. The molecule has 0 radical (unpaired) electrons. The van der Waals surface area contributed by atoms with E-state index in [2.05, 4.69) is 10.6 Å². The number of benzene rings is 3. The first-order valence-electron chi connectivity index (χ1n) is 10.6. The lowest BCUT2D eigenvalue weighted by molar-refractivity contribution is -0.128. The van der Waals surface area contributed by atoms with Crippen molar-refractivity contribution in [1.82, 2.24) is 4.90 Å². The van der Waals surface area contributed by atoms with Crippen LogP contribution in [-0.2, 0) is 22.6 Å². The highest BCUT2D eigenvalue weighted by Gasteiger charge is 2.07. The number of rotatable bonds is 10. The summed E-state index contributed by atoms with van der Waals surface area (Å²) in [7, 11) is 3.49. The topological polar surface area (TPSA) is 70.7 Å². The van der Waals surface area contributed by atoms with E-state index in [9.17, 15) is 9.59 Å². The smallest absolute Gasteiger partial charge is 0.243 e. The van der Waals surface area contributed by atoms with Gasteiger partial charge in [-0.25, -0.2) is 0 Å². The molecule has 3 aromatic rings. The minimum atomic E-state index is -0.143. The van der Waals surface area contributed by atoms with Crippen molar-refractivity contribution in [3.8, 4) is 5.75 Å². The first kappa shape index (κ1) is 22.9. The molecule has 6 nitrogen and oxygen atoms in total. The van der Waals surface area contributed by atoms with E-state index in [1.54, 1.807) is 19.0 Å². The number of anilines is 2. The van der Waals surface area contributed by atoms with Gasteiger partial charge in [0.1, 0.15) is 12.4 Å². The van der Waals surface area contributed by atoms with Gasteiger partial charge in [-0.2, -0.15) is 0 Å². The van der Waals surface area contributed by atoms with E-state index in [4.69, 9.17) is 4.74 Å². The Morgan fingerprint density at radius 3 is 2.28 bits per heavy atom. The number of hydrogen-bond acceptors (Lipinski definition) is 4. The van der Waals surface area contributed by atoms with Gasteiger partial charge >= 0.3 is 0 Å². The second-order valence-corrected chi connectivity index (χ2v) is 7.69. The van der Waals surface area contributed by atoms with Crippen molar-refractivity contribution in [1.29, 1.82) is 0 Å². The molecule has 0 aliphatic carbocycles. The van der Waals surface area contributed by atoms with Crippen LogP contribution in [0.2, 0.25) is 0 Å². The van der Waals surface area contributed by atoms with Gasteiger partial charge in [-0.05, 0) is 53.9 Å². The molecule has 0 unspecified atom stereocenters. The van der Waals surface area contributed by atoms with Crippen LogP contribution >= 0.6 is 0 Å². The zero-order valence-electron chi connectivity index (χ0n) is 18.5. The second-order valence-electron chi connectivity index (χ2n) is 7.69. The molecule has 6 heteroatoms. The van der Waals surface area contributed by atoms with E-state index in [-0.39, 0.29) is 18.4 Å². The van der Waals surface area contributed by atoms with Crippen molar-refractivity contribution in [2.24, 2.45) is 0 Å². The highest BCUT2D eigenvalue weighted by molar-refractivity contribution is 5.93. The van der Waals surface area contributed by atoms with Gasteiger partial charge in [0.15, 0.2) is 0 Å². The van der Waals surface area contributed by atoms with Crippen LogP contribution in [0.1, 0.15) is 17.5 Å². The first-order valence-corrected chi connectivity index (χ1v) is 10.6. The van der Waals surface area contributed by atoms with Gasteiger partial charge in [-0.15, -0.1) is 0 Å². The molecule has 0 saturated heterocycles. The minimum Gasteiger partial charge on any atom is -0.489 e. The lowest BCUT2D eigenvalue weighted by atomic mass is 10.1. The van der Waals surface area contributed by atoms with Gasteiger partial charge in [-0.3, -0.25) is 9.59 Å². The molecule has 3 rings (SSSR count). The number of nitrogens with zero attached hydrogens (tertiary/aromatic N) is 1. The van der Waals surface area contributed by atoms with Crippen molar-refractivity contribution in [3.63, 3.8) is 0 Å². The standard InChI is InChI=1S/C26H29N3O3/c1-29(2)26(31)16-11-20-9-6-10-23(17-20)28-25(30)18-27-22-12-14-24(15-13-22)32-19-21-7-4-3-5-8-21/h3-10,12-15,17,27H,11,16,18-19H2,1-2H3,(H,28,30). The van der Waals surface area contributed by atoms with Gasteiger partial charge in [0.05, 0.1) is 6.54 Å². The lowest BCUT2D eigenvalue weighted by Gasteiger charge is -2.11. The molecule has 0 saturated carbocycles. The van der Waals surface area contributed by atoms with Crippen LogP contribution < -0.4 is 15.4 Å². The van der Waals surface area contributed by atoms with Gasteiger partial charge in [-0.1, -0.05) is 42.5 Å². The first-order chi connectivity index (χ1) is 15.5. The summed E-state index contributed by atoms with van der Waals surface area (Å²) in [4.78, 5) is 25.7. The third-order valence-corrected chi connectivity index (χ3v) is 4.89. The average Bonchev–Trinajstić information content (AvgIpc) is 2.81. The zero-order chi connectivity index (χ0) is 22.8. The minimum absolute atomic E-state index is 0.0834. The van der Waals surface area contributed by atoms with E-state index < -0.39 is 0 Å². The Hall–Kier alpha value is -3.80. The summed E-state index contributed by atoms with van der Waals surface area (Å²) in [6.07, 6.45) is 1.08. The van der Waals surface area contributed by atoms with E-state index in [0.717, 1.165) is 28.3 Å². The van der Waals surface area contributed by atoms with Crippen LogP contribution in [-0.4, -0.2) is 37.4 Å². The van der Waals surface area contributed by atoms with Crippen molar-refractivity contribution in [2.45, 2.75) is 19.4 Å². The average molecular weight is 432 g/mol. The summed E-state index contributed by atoms with van der Waals surface area (Å²) < 4.78 is 5.78. The maximum atomic E-state index is 12.3. The molecular weight excluding hydrogens is 402 g/mol. The molecule has 166 valence electrons. The van der Waals surface area contributed by atoms with Crippen LogP contribution in [0.4, 0.5) is 11.4 Å². The molecule has 0 atom stereocenters. The fourth-order valence-electron chi connectivity index (χ4n) is 3.08. The summed E-state index contributed by atoms with van der Waals surface area (Å²) in [6.45, 7) is 0.659. The molecular formula is C26H29N3O3. The summed E-state index contributed by atoms with van der Waals surface area (Å²) in [5, 5.41) is 6.01. The molecule has 0 spiro atoms. The fraction of sp³-hybridized carbons (Fsp3) is 0.231. The number of carbonyl (C=O) groups excluding carboxylic acids is 2. The number of nitrogens with one attached hydrogen (secondary N) is 2. The van der Waals surface area contributed by atoms with Crippen LogP contribution in [0.25, 0.3) is 0 Å². The Labute approximate surface area is 189 Å². The number of aryl methyl sites for hydroxylation is 1. The number of amides is 2. The predicted molar refractivity (Wildman–Crippen MR) is 128 cm³/mol. The Balaban J connectivity index is 1.43. The van der Waals surface area contributed by atoms with Gasteiger partial charge in [0.25, 0.3) is 0 Å². The molecule has 2 N–H and O–H groups in total. The Kier molecular flexibility index (Phi) is 8.26. The number of hydrogen-bond donors (Lipinski definition) is 2. The molecule has 3 aromatic carbocycles. The number of carbonyl (C=O) groups is 2. The maximum absolute atomic E-state index is 12.3.